The Kier molecular flexibility index (Phi) is 2.62. The van der Waals surface area contributed by atoms with E-state index in [4.69, 9.17) is 4.74 Å². The molecule has 3 atom stereocenters. The summed E-state index contributed by atoms with van der Waals surface area (Å²) in [5.74, 6) is 1.35. The van der Waals surface area contributed by atoms with Crippen LogP contribution in [0.1, 0.15) is 67.2 Å². The van der Waals surface area contributed by atoms with Crippen LogP contribution in [0, 0.1) is 27.6 Å². The monoisotopic (exact) mass is 276 g/mol. The van der Waals surface area contributed by atoms with Crippen molar-refractivity contribution in [3.8, 4) is 0 Å². The topological polar surface area (TPSA) is 26.3 Å². The number of hydrogen-bond donors (Lipinski definition) is 0. The van der Waals surface area contributed by atoms with E-state index in [0.717, 1.165) is 12.2 Å². The molecule has 2 heteroatoms. The number of hydrogen-bond acceptors (Lipinski definition) is 2. The highest BCUT2D eigenvalue weighted by molar-refractivity contribution is 5.76. The largest absolute Gasteiger partial charge is 0.431 e. The molecule has 0 aromatic heterocycles. The second-order valence-corrected chi connectivity index (χ2v) is 9.01. The summed E-state index contributed by atoms with van der Waals surface area (Å²) in [6.45, 7) is 13.0. The summed E-state index contributed by atoms with van der Waals surface area (Å²) < 4.78 is 5.80. The Morgan fingerprint density at radius 3 is 2.45 bits per heavy atom. The van der Waals surface area contributed by atoms with Crippen molar-refractivity contribution < 1.29 is 9.53 Å². The summed E-state index contributed by atoms with van der Waals surface area (Å²) in [6.07, 6.45) is 7.18. The third-order valence-electron chi connectivity index (χ3n) is 6.50. The number of fused-ring (bicyclic) bond motifs is 1. The molecular weight excluding hydrogens is 248 g/mol. The molecule has 3 aliphatic rings. The van der Waals surface area contributed by atoms with Crippen molar-refractivity contribution in [1.82, 2.24) is 0 Å². The minimum Gasteiger partial charge on any atom is -0.431 e. The Bertz CT molecular complexity index is 494. The molecule has 0 aromatic rings. The number of allylic oxidation sites excluding steroid dienone is 2. The first kappa shape index (κ1) is 14.2. The van der Waals surface area contributed by atoms with Crippen LogP contribution in [-0.2, 0) is 9.53 Å². The zero-order valence-electron chi connectivity index (χ0n) is 13.8. The molecule has 0 N–H and O–H groups in total. The zero-order chi connectivity index (χ0) is 15.0. The third kappa shape index (κ3) is 1.48. The molecule has 0 amide bonds. The van der Waals surface area contributed by atoms with Crippen molar-refractivity contribution in [2.75, 3.05) is 0 Å². The number of esters is 1. The van der Waals surface area contributed by atoms with Gasteiger partial charge in [-0.2, -0.15) is 0 Å². The molecule has 0 bridgehead atoms. The Balaban J connectivity index is 1.85. The maximum Gasteiger partial charge on any atom is 0.316 e. The average molecular weight is 276 g/mol. The first-order chi connectivity index (χ1) is 9.06. The van der Waals surface area contributed by atoms with Gasteiger partial charge in [-0.25, -0.2) is 0 Å². The molecule has 3 aliphatic carbocycles. The summed E-state index contributed by atoms with van der Waals surface area (Å²) in [5.41, 5.74) is 0.646. The van der Waals surface area contributed by atoms with Crippen LogP contribution in [0.25, 0.3) is 0 Å². The van der Waals surface area contributed by atoms with Crippen molar-refractivity contribution in [2.45, 2.75) is 67.2 Å². The molecule has 0 saturated heterocycles. The van der Waals surface area contributed by atoms with Crippen LogP contribution in [0.15, 0.2) is 11.8 Å². The van der Waals surface area contributed by atoms with Crippen LogP contribution >= 0.6 is 0 Å². The summed E-state index contributed by atoms with van der Waals surface area (Å²) in [5, 5.41) is 0. The molecule has 112 valence electrons. The normalized spacial score (nSPS) is 41.5. The molecule has 3 rings (SSSR count). The Morgan fingerprint density at radius 1 is 1.25 bits per heavy atom. The van der Waals surface area contributed by atoms with E-state index in [1.54, 1.807) is 0 Å². The first-order valence-corrected chi connectivity index (χ1v) is 7.99. The standard InChI is InChI=1S/C18H28O2/c1-15(2,3)14(19)20-12-8-11-18-13(12)17(18,6)10-7-9-16(18,4)5/h8,13H,7,9-11H2,1-6H3/t13?,17-,18-/m1/s1. The molecule has 0 aliphatic heterocycles. The SMILES string of the molecule is CC(C)(C)C(=O)OC1=CC[C@]23C1[C@@]2(C)CCCC3(C)C. The van der Waals surface area contributed by atoms with Gasteiger partial charge < -0.3 is 4.74 Å². The molecular formula is C18H28O2. The predicted octanol–water partition coefficient (Wildman–Crippen LogP) is 4.70. The molecule has 0 aromatic carbocycles. The zero-order valence-corrected chi connectivity index (χ0v) is 13.8. The molecule has 0 radical (unpaired) electrons. The lowest BCUT2D eigenvalue weighted by Gasteiger charge is -2.41. The smallest absolute Gasteiger partial charge is 0.316 e. The van der Waals surface area contributed by atoms with E-state index < -0.39 is 5.41 Å². The van der Waals surface area contributed by atoms with Crippen LogP contribution in [0.3, 0.4) is 0 Å². The number of ether oxygens (including phenoxy) is 1. The van der Waals surface area contributed by atoms with Crippen LogP contribution in [0.5, 0.6) is 0 Å². The van der Waals surface area contributed by atoms with E-state index in [9.17, 15) is 4.79 Å². The van der Waals surface area contributed by atoms with Gasteiger partial charge in [-0.05, 0) is 62.4 Å². The lowest BCUT2D eigenvalue weighted by atomic mass is 9.63. The second-order valence-electron chi connectivity index (χ2n) is 9.01. The van der Waals surface area contributed by atoms with Crippen LogP contribution in [0.4, 0.5) is 0 Å². The lowest BCUT2D eigenvalue weighted by molar-refractivity contribution is -0.149. The quantitative estimate of drug-likeness (QED) is 0.649. The highest BCUT2D eigenvalue weighted by Gasteiger charge is 2.82. The Hall–Kier alpha value is -0.790. The highest BCUT2D eigenvalue weighted by Crippen LogP contribution is 2.86. The second kappa shape index (κ2) is 3.69. The summed E-state index contributed by atoms with van der Waals surface area (Å²) >= 11 is 0. The molecule has 20 heavy (non-hydrogen) atoms. The van der Waals surface area contributed by atoms with Gasteiger partial charge in [-0.3, -0.25) is 4.79 Å². The van der Waals surface area contributed by atoms with Gasteiger partial charge in [0.25, 0.3) is 0 Å². The fourth-order valence-corrected chi connectivity index (χ4v) is 5.34. The van der Waals surface area contributed by atoms with Gasteiger partial charge in [-0.1, -0.05) is 27.2 Å². The summed E-state index contributed by atoms with van der Waals surface area (Å²) in [4.78, 5) is 12.2. The van der Waals surface area contributed by atoms with Gasteiger partial charge in [0.1, 0.15) is 5.76 Å². The molecule has 0 heterocycles. The fourth-order valence-electron chi connectivity index (χ4n) is 5.34. The van der Waals surface area contributed by atoms with Gasteiger partial charge >= 0.3 is 5.97 Å². The Morgan fingerprint density at radius 2 is 1.90 bits per heavy atom. The van der Waals surface area contributed by atoms with Crippen LogP contribution < -0.4 is 0 Å². The molecule has 2 fully saturated rings. The minimum atomic E-state index is -0.424. The van der Waals surface area contributed by atoms with Gasteiger partial charge in [0.2, 0.25) is 0 Å². The van der Waals surface area contributed by atoms with E-state index in [-0.39, 0.29) is 5.97 Å². The van der Waals surface area contributed by atoms with Crippen molar-refractivity contribution in [3.63, 3.8) is 0 Å². The van der Waals surface area contributed by atoms with Crippen molar-refractivity contribution in [2.24, 2.45) is 27.6 Å². The first-order valence-electron chi connectivity index (χ1n) is 7.99. The van der Waals surface area contributed by atoms with Gasteiger partial charge in [0, 0.05) is 5.92 Å². The minimum absolute atomic E-state index is 0.0918. The van der Waals surface area contributed by atoms with Gasteiger partial charge in [0.15, 0.2) is 0 Å². The Labute approximate surface area is 123 Å². The number of carbonyl (C=O) groups excluding carboxylic acids is 1. The molecule has 2 saturated carbocycles. The van der Waals surface area contributed by atoms with E-state index in [0.29, 0.717) is 22.2 Å². The van der Waals surface area contributed by atoms with E-state index in [1.807, 2.05) is 20.8 Å². The predicted molar refractivity (Wildman–Crippen MR) is 79.9 cm³/mol. The lowest BCUT2D eigenvalue weighted by Crippen LogP contribution is -2.33. The van der Waals surface area contributed by atoms with E-state index >= 15 is 0 Å². The van der Waals surface area contributed by atoms with Gasteiger partial charge in [-0.15, -0.1) is 0 Å². The molecule has 2 nitrogen and oxygen atoms in total. The molecule has 1 spiro atoms. The third-order valence-corrected chi connectivity index (χ3v) is 6.50. The van der Waals surface area contributed by atoms with Crippen LogP contribution in [0.2, 0.25) is 0 Å². The summed E-state index contributed by atoms with van der Waals surface area (Å²) in [6, 6.07) is 0. The van der Waals surface area contributed by atoms with Crippen molar-refractivity contribution in [3.05, 3.63) is 11.8 Å². The van der Waals surface area contributed by atoms with Gasteiger partial charge in [0.05, 0.1) is 5.41 Å². The highest BCUT2D eigenvalue weighted by atomic mass is 16.5. The fraction of sp³-hybridized carbons (Fsp3) is 0.833. The number of carbonyl (C=O) groups is 1. The van der Waals surface area contributed by atoms with Crippen molar-refractivity contribution >= 4 is 5.97 Å². The average Bonchev–Trinajstić information content (AvgIpc) is 2.64. The van der Waals surface area contributed by atoms with E-state index in [1.165, 1.54) is 19.3 Å². The van der Waals surface area contributed by atoms with Crippen molar-refractivity contribution in [1.29, 1.82) is 0 Å². The molecule has 1 unspecified atom stereocenters. The maximum atomic E-state index is 12.2. The number of rotatable bonds is 1. The van der Waals surface area contributed by atoms with Crippen LogP contribution in [-0.4, -0.2) is 5.97 Å². The maximum absolute atomic E-state index is 12.2. The summed E-state index contributed by atoms with van der Waals surface area (Å²) in [7, 11) is 0. The van der Waals surface area contributed by atoms with E-state index in [2.05, 4.69) is 26.8 Å².